The maximum Gasteiger partial charge on any atom is 0.246 e. The summed E-state index contributed by atoms with van der Waals surface area (Å²) in [6.45, 7) is 9.08. The Labute approximate surface area is 410 Å². The van der Waals surface area contributed by atoms with Gasteiger partial charge in [0.1, 0.15) is 17.8 Å². The number of piperidine rings is 1. The maximum atomic E-state index is 14.2. The van der Waals surface area contributed by atoms with E-state index in [0.717, 1.165) is 56.7 Å². The Hall–Kier alpha value is -6.56. The molecular weight excluding hydrogens is 916 g/mol. The van der Waals surface area contributed by atoms with E-state index in [4.69, 9.17) is 21.3 Å². The van der Waals surface area contributed by atoms with E-state index in [1.54, 1.807) is 36.6 Å². The van der Waals surface area contributed by atoms with Crippen molar-refractivity contribution in [2.24, 2.45) is 5.41 Å². The number of amides is 4. The molecule has 69 heavy (non-hydrogen) atoms. The largest absolute Gasteiger partial charge is 0.494 e. The highest BCUT2D eigenvalue weighted by atomic mass is 35.5. The Morgan fingerprint density at radius 3 is 2.49 bits per heavy atom. The number of rotatable bonds is 15. The molecule has 5 heterocycles. The van der Waals surface area contributed by atoms with Gasteiger partial charge in [-0.3, -0.25) is 19.2 Å². The van der Waals surface area contributed by atoms with Gasteiger partial charge in [0, 0.05) is 92.9 Å². The normalized spacial score (nSPS) is 16.9. The van der Waals surface area contributed by atoms with Crippen LogP contribution in [0.4, 0.5) is 17.3 Å². The third kappa shape index (κ3) is 11.2. The van der Waals surface area contributed by atoms with Gasteiger partial charge in [0.05, 0.1) is 51.9 Å². The van der Waals surface area contributed by atoms with Gasteiger partial charge in [-0.1, -0.05) is 74.8 Å². The lowest BCUT2D eigenvalue weighted by atomic mass is 9.85. The van der Waals surface area contributed by atoms with Crippen LogP contribution in [0.3, 0.4) is 0 Å². The van der Waals surface area contributed by atoms with Crippen LogP contribution in [-0.2, 0) is 25.7 Å². The number of H-pyrrole nitrogens is 1. The Balaban J connectivity index is 0.814. The molecule has 0 radical (unpaired) electrons. The number of methoxy groups -OCH3 is 1. The molecule has 0 spiro atoms. The number of aromatic nitrogens is 4. The van der Waals surface area contributed by atoms with Gasteiger partial charge < -0.3 is 45.5 Å². The van der Waals surface area contributed by atoms with E-state index < -0.39 is 35.4 Å². The molecule has 2 saturated heterocycles. The molecule has 0 aliphatic carbocycles. The van der Waals surface area contributed by atoms with Crippen molar-refractivity contribution in [3.05, 3.63) is 101 Å². The van der Waals surface area contributed by atoms with Crippen molar-refractivity contribution >= 4 is 74.8 Å². The third-order valence-electron chi connectivity index (χ3n) is 13.1. The van der Waals surface area contributed by atoms with Gasteiger partial charge >= 0.3 is 0 Å². The monoisotopic (exact) mass is 974 g/mol. The van der Waals surface area contributed by atoms with E-state index in [9.17, 15) is 24.3 Å². The highest BCUT2D eigenvalue weighted by Crippen LogP contribution is 2.36. The second-order valence-electron chi connectivity index (χ2n) is 18.8. The van der Waals surface area contributed by atoms with Gasteiger partial charge in [0.25, 0.3) is 0 Å². The number of carbonyl (C=O) groups is 4. The quantitative estimate of drug-likeness (QED) is 0.0684. The zero-order valence-electron chi connectivity index (χ0n) is 39.7. The number of aromatic amines is 1. The number of aliphatic hydroxyl groups is 1. The minimum Gasteiger partial charge on any atom is -0.494 e. The number of hydrogen-bond acceptors (Lipinski definition) is 12. The minimum atomic E-state index is -0.997. The first kappa shape index (κ1) is 48.9. The van der Waals surface area contributed by atoms with Crippen LogP contribution in [-0.4, -0.2) is 116 Å². The Morgan fingerprint density at radius 2 is 1.78 bits per heavy atom. The number of nitrogens with one attached hydrogen (secondary N) is 4. The highest BCUT2D eigenvalue weighted by Gasteiger charge is 2.44. The summed E-state index contributed by atoms with van der Waals surface area (Å²) in [5.41, 5.74) is 8.09. The molecule has 2 aliphatic heterocycles. The summed E-state index contributed by atoms with van der Waals surface area (Å²) in [6, 6.07) is 19.8. The van der Waals surface area contributed by atoms with Gasteiger partial charge in [-0.25, -0.2) is 15.0 Å². The van der Waals surface area contributed by atoms with Crippen LogP contribution in [0.25, 0.3) is 32.6 Å². The minimum absolute atomic E-state index is 0.0194. The van der Waals surface area contributed by atoms with Crippen LogP contribution in [0.2, 0.25) is 5.02 Å². The number of halogens is 1. The van der Waals surface area contributed by atoms with E-state index in [1.807, 2.05) is 106 Å². The van der Waals surface area contributed by atoms with Crippen molar-refractivity contribution < 1.29 is 29.0 Å². The standard InChI is InChI=1S/C51H59ClN10O6S/c1-30-46(69-29-56-30)32-13-11-31(12-14-32)25-54-48(66)41-24-35(63)28-62(41)49(67)47(51(2,3)4)58-43(64)17-18-44(65)60(5)33-19-21-61(22-20-33)34-15-16-40(42(23-34)68-6)57-50-55-27-38(52)45(59-50)37-26-53-39-10-8-7-9-36(37)39/h7-16,23,26-27,29,33,35,41,47,53,63H,17-22,24-25,28H2,1-6H3,(H,54,66)(H,58,64)(H,55,57,59)/t35-,41+,47-/m1/s1. The molecular formula is C51H59ClN10O6S. The molecule has 6 aromatic rings. The molecule has 18 heteroatoms. The molecule has 4 amide bonds. The molecule has 2 aliphatic rings. The number of fused-ring (bicyclic) bond motifs is 1. The molecule has 0 saturated carbocycles. The van der Waals surface area contributed by atoms with Crippen LogP contribution in [0.5, 0.6) is 5.75 Å². The lowest BCUT2D eigenvalue weighted by Gasteiger charge is -2.38. The summed E-state index contributed by atoms with van der Waals surface area (Å²) in [5.74, 6) is -0.460. The molecule has 0 bridgehead atoms. The SMILES string of the molecule is COc1cc(N2CCC(N(C)C(=O)CCC(=O)N[C@H](C(=O)N3C[C@H](O)C[C@H]3C(=O)NCc3ccc(-c4scnc4C)cc3)C(C)(C)C)CC2)ccc1Nc1ncc(Cl)c(-c2c[nH]c3ccccc23)n1. The number of aryl methyl sites for hydroxylation is 1. The summed E-state index contributed by atoms with van der Waals surface area (Å²) in [6.07, 6.45) is 3.97. The van der Waals surface area contributed by atoms with E-state index in [-0.39, 0.29) is 50.2 Å². The van der Waals surface area contributed by atoms with Crippen molar-refractivity contribution in [2.45, 2.75) is 90.6 Å². The second-order valence-corrected chi connectivity index (χ2v) is 20.1. The number of thiazole rings is 1. The molecule has 3 aromatic heterocycles. The van der Waals surface area contributed by atoms with E-state index in [0.29, 0.717) is 41.2 Å². The Bertz CT molecular complexity index is 2820. The van der Waals surface area contributed by atoms with Crippen molar-refractivity contribution in [3.8, 4) is 27.4 Å². The van der Waals surface area contributed by atoms with Crippen LogP contribution in [0.1, 0.15) is 64.1 Å². The number of anilines is 3. The van der Waals surface area contributed by atoms with Crippen LogP contribution in [0, 0.1) is 12.3 Å². The number of ether oxygens (including phenoxy) is 1. The first-order valence-corrected chi connectivity index (χ1v) is 24.4. The maximum absolute atomic E-state index is 14.2. The van der Waals surface area contributed by atoms with E-state index in [2.05, 4.69) is 35.8 Å². The zero-order valence-corrected chi connectivity index (χ0v) is 41.3. The van der Waals surface area contributed by atoms with Crippen LogP contribution in [0.15, 0.2) is 84.6 Å². The van der Waals surface area contributed by atoms with Gasteiger partial charge in [-0.05, 0) is 54.5 Å². The van der Waals surface area contributed by atoms with Crippen molar-refractivity contribution in [1.29, 1.82) is 0 Å². The number of para-hydroxylation sites is 1. The van der Waals surface area contributed by atoms with E-state index >= 15 is 0 Å². The number of nitrogens with zero attached hydrogens (tertiary/aromatic N) is 6. The van der Waals surface area contributed by atoms with Crippen molar-refractivity contribution in [3.63, 3.8) is 0 Å². The fraction of sp³-hybridized carbons (Fsp3) is 0.392. The van der Waals surface area contributed by atoms with Gasteiger partial charge in [0.2, 0.25) is 29.6 Å². The highest BCUT2D eigenvalue weighted by molar-refractivity contribution is 7.13. The predicted molar refractivity (Wildman–Crippen MR) is 269 cm³/mol. The van der Waals surface area contributed by atoms with Gasteiger partial charge in [-0.2, -0.15) is 0 Å². The lowest BCUT2D eigenvalue weighted by molar-refractivity contribution is -0.144. The number of aliphatic hydroxyl groups excluding tert-OH is 1. The number of hydrogen-bond donors (Lipinski definition) is 5. The van der Waals surface area contributed by atoms with Crippen molar-refractivity contribution in [1.82, 2.24) is 40.4 Å². The van der Waals surface area contributed by atoms with Gasteiger partial charge in [0.15, 0.2) is 0 Å². The average Bonchev–Trinajstić information content (AvgIpc) is 4.10. The molecule has 3 atom stereocenters. The molecule has 16 nitrogen and oxygen atoms in total. The lowest BCUT2D eigenvalue weighted by Crippen LogP contribution is -2.57. The van der Waals surface area contributed by atoms with Crippen molar-refractivity contribution in [2.75, 3.05) is 44.0 Å². The number of β-amino-alcohol motifs (C(OH)–C–C–N with tert-alkyl or cyclic N) is 1. The molecule has 362 valence electrons. The predicted octanol–water partition coefficient (Wildman–Crippen LogP) is 7.48. The van der Waals surface area contributed by atoms with E-state index in [1.165, 1.54) is 4.90 Å². The second kappa shape index (κ2) is 21.0. The Kier molecular flexibility index (Phi) is 14.9. The van der Waals surface area contributed by atoms with Crippen LogP contribution < -0.4 is 25.6 Å². The Morgan fingerprint density at radius 1 is 1.03 bits per heavy atom. The molecule has 5 N–H and O–H groups in total. The van der Waals surface area contributed by atoms with Crippen LogP contribution >= 0.6 is 22.9 Å². The summed E-state index contributed by atoms with van der Waals surface area (Å²) < 4.78 is 5.80. The average molecular weight is 976 g/mol. The topological polar surface area (TPSA) is 198 Å². The fourth-order valence-corrected chi connectivity index (χ4v) is 10.1. The number of carbonyl (C=O) groups excluding carboxylic acids is 4. The first-order chi connectivity index (χ1) is 33.1. The molecule has 3 aromatic carbocycles. The van der Waals surface area contributed by atoms with Gasteiger partial charge in [-0.15, -0.1) is 11.3 Å². The number of benzene rings is 3. The zero-order chi connectivity index (χ0) is 49.0. The summed E-state index contributed by atoms with van der Waals surface area (Å²) >= 11 is 8.14. The number of likely N-dealkylation sites (tertiary alicyclic amines) is 1. The smallest absolute Gasteiger partial charge is 0.246 e. The third-order valence-corrected chi connectivity index (χ3v) is 14.3. The summed E-state index contributed by atoms with van der Waals surface area (Å²) in [5, 5.41) is 21.2. The molecule has 0 unspecified atom stereocenters. The first-order valence-electron chi connectivity index (χ1n) is 23.2. The molecule has 8 rings (SSSR count). The summed E-state index contributed by atoms with van der Waals surface area (Å²) in [7, 11) is 3.39. The fourth-order valence-electron chi connectivity index (χ4n) is 9.11. The summed E-state index contributed by atoms with van der Waals surface area (Å²) in [4.78, 5) is 77.9. The molecule has 2 fully saturated rings.